The van der Waals surface area contributed by atoms with Crippen LogP contribution in [0.25, 0.3) is 0 Å². The summed E-state index contributed by atoms with van der Waals surface area (Å²) in [5, 5.41) is 0. The highest BCUT2D eigenvalue weighted by Crippen LogP contribution is 2.20. The third-order valence-electron chi connectivity index (χ3n) is 2.13. The van der Waals surface area contributed by atoms with Crippen LogP contribution in [-0.2, 0) is 14.3 Å². The third-order valence-corrected chi connectivity index (χ3v) is 2.13. The number of nitrogen functional groups attached to an aromatic ring is 1. The summed E-state index contributed by atoms with van der Waals surface area (Å²) in [4.78, 5) is 22.9. The normalized spacial score (nSPS) is 10.8. The highest BCUT2D eigenvalue weighted by atomic mass is 16.6. The Kier molecular flexibility index (Phi) is 4.96. The first-order chi connectivity index (χ1) is 9.21. The van der Waals surface area contributed by atoms with Crippen molar-refractivity contribution >= 4 is 17.6 Å². The molecule has 0 saturated heterocycles. The standard InChI is InChI=1S/C14H19NO5/c1-14(2,3)20-12(16)8-19-11-6-9(13(17)18-4)5-10(15)7-11/h5-7H,8,15H2,1-4H3. The summed E-state index contributed by atoms with van der Waals surface area (Å²) in [6.45, 7) is 5.03. The lowest BCUT2D eigenvalue weighted by molar-refractivity contribution is -0.157. The van der Waals surface area contributed by atoms with Crippen LogP contribution in [0.15, 0.2) is 18.2 Å². The van der Waals surface area contributed by atoms with Gasteiger partial charge in [0, 0.05) is 11.8 Å². The molecule has 0 saturated carbocycles. The minimum Gasteiger partial charge on any atom is -0.482 e. The monoisotopic (exact) mass is 281 g/mol. The first-order valence-electron chi connectivity index (χ1n) is 6.05. The van der Waals surface area contributed by atoms with Crippen molar-refractivity contribution in [3.8, 4) is 5.75 Å². The minimum absolute atomic E-state index is 0.256. The van der Waals surface area contributed by atoms with Gasteiger partial charge >= 0.3 is 11.9 Å². The molecular formula is C14H19NO5. The van der Waals surface area contributed by atoms with Gasteiger partial charge in [0.05, 0.1) is 12.7 Å². The Bertz CT molecular complexity index is 505. The molecule has 0 aliphatic rings. The smallest absolute Gasteiger partial charge is 0.344 e. The molecule has 0 aliphatic carbocycles. The molecule has 0 bridgehead atoms. The molecule has 20 heavy (non-hydrogen) atoms. The molecule has 6 nitrogen and oxygen atoms in total. The zero-order chi connectivity index (χ0) is 15.3. The Morgan fingerprint density at radius 2 is 1.85 bits per heavy atom. The fourth-order valence-corrected chi connectivity index (χ4v) is 1.45. The van der Waals surface area contributed by atoms with Crippen molar-refractivity contribution in [3.05, 3.63) is 23.8 Å². The molecule has 6 heteroatoms. The summed E-state index contributed by atoms with van der Waals surface area (Å²) in [6.07, 6.45) is 0. The molecule has 0 fully saturated rings. The zero-order valence-electron chi connectivity index (χ0n) is 12.1. The second-order valence-corrected chi connectivity index (χ2v) is 5.16. The van der Waals surface area contributed by atoms with Gasteiger partial charge in [0.2, 0.25) is 0 Å². The first-order valence-corrected chi connectivity index (χ1v) is 6.05. The van der Waals surface area contributed by atoms with Gasteiger partial charge in [-0.1, -0.05) is 0 Å². The summed E-state index contributed by atoms with van der Waals surface area (Å²) in [7, 11) is 1.27. The van der Waals surface area contributed by atoms with Crippen molar-refractivity contribution in [2.24, 2.45) is 0 Å². The Morgan fingerprint density at radius 1 is 1.20 bits per heavy atom. The first kappa shape index (κ1) is 15.8. The lowest BCUT2D eigenvalue weighted by Crippen LogP contribution is -2.27. The van der Waals surface area contributed by atoms with Crippen LogP contribution in [0.5, 0.6) is 5.75 Å². The Hall–Kier alpha value is -2.24. The molecule has 0 aromatic heterocycles. The molecule has 1 aromatic carbocycles. The summed E-state index contributed by atoms with van der Waals surface area (Å²) in [5.74, 6) is -0.727. The van der Waals surface area contributed by atoms with Gasteiger partial charge < -0.3 is 19.9 Å². The summed E-state index contributed by atoms with van der Waals surface area (Å²) < 4.78 is 15.0. The highest BCUT2D eigenvalue weighted by molar-refractivity contribution is 5.91. The molecule has 110 valence electrons. The van der Waals surface area contributed by atoms with Crippen LogP contribution in [0.4, 0.5) is 5.69 Å². The number of methoxy groups -OCH3 is 1. The average molecular weight is 281 g/mol. The number of nitrogens with two attached hydrogens (primary N) is 1. The molecule has 0 spiro atoms. The summed E-state index contributed by atoms with van der Waals surface area (Å²) in [6, 6.07) is 4.43. The van der Waals surface area contributed by atoms with Crippen molar-refractivity contribution in [3.63, 3.8) is 0 Å². The van der Waals surface area contributed by atoms with Gasteiger partial charge in [-0.05, 0) is 32.9 Å². The maximum Gasteiger partial charge on any atom is 0.344 e. The molecule has 0 amide bonds. The van der Waals surface area contributed by atoms with E-state index in [0.29, 0.717) is 11.4 Å². The molecule has 2 N–H and O–H groups in total. The number of benzene rings is 1. The number of esters is 2. The van der Waals surface area contributed by atoms with Crippen molar-refractivity contribution in [2.45, 2.75) is 26.4 Å². The predicted octanol–water partition coefficient (Wildman–Crippen LogP) is 1.78. The second-order valence-electron chi connectivity index (χ2n) is 5.16. The fourth-order valence-electron chi connectivity index (χ4n) is 1.45. The fraction of sp³-hybridized carbons (Fsp3) is 0.429. The van der Waals surface area contributed by atoms with Crippen LogP contribution in [0.3, 0.4) is 0 Å². The molecule has 1 aromatic rings. The Balaban J connectivity index is 2.71. The average Bonchev–Trinajstić information content (AvgIpc) is 2.32. The van der Waals surface area contributed by atoms with Crippen molar-refractivity contribution in [1.82, 2.24) is 0 Å². The Labute approximate surface area is 117 Å². The number of rotatable bonds is 4. The van der Waals surface area contributed by atoms with E-state index in [1.807, 2.05) is 0 Å². The zero-order valence-corrected chi connectivity index (χ0v) is 12.1. The minimum atomic E-state index is -0.576. The number of hydrogen-bond donors (Lipinski definition) is 1. The molecular weight excluding hydrogens is 262 g/mol. The van der Waals surface area contributed by atoms with Gasteiger partial charge in [-0.3, -0.25) is 0 Å². The number of hydrogen-bond acceptors (Lipinski definition) is 6. The van der Waals surface area contributed by atoms with Gasteiger partial charge in [0.15, 0.2) is 6.61 Å². The van der Waals surface area contributed by atoms with Crippen LogP contribution in [0.1, 0.15) is 31.1 Å². The maximum atomic E-state index is 11.5. The van der Waals surface area contributed by atoms with Crippen LogP contribution < -0.4 is 10.5 Å². The van der Waals surface area contributed by atoms with E-state index in [-0.39, 0.29) is 12.2 Å². The van der Waals surface area contributed by atoms with Crippen LogP contribution >= 0.6 is 0 Å². The van der Waals surface area contributed by atoms with Gasteiger partial charge in [-0.25, -0.2) is 9.59 Å². The van der Waals surface area contributed by atoms with E-state index >= 15 is 0 Å². The van der Waals surface area contributed by atoms with E-state index in [0.717, 1.165) is 0 Å². The molecule has 0 atom stereocenters. The van der Waals surface area contributed by atoms with Gasteiger partial charge in [0.25, 0.3) is 0 Å². The SMILES string of the molecule is COC(=O)c1cc(N)cc(OCC(=O)OC(C)(C)C)c1. The quantitative estimate of drug-likeness (QED) is 0.668. The van der Waals surface area contributed by atoms with Gasteiger partial charge in [-0.15, -0.1) is 0 Å². The lowest BCUT2D eigenvalue weighted by atomic mass is 10.2. The van der Waals surface area contributed by atoms with Crippen LogP contribution in [0.2, 0.25) is 0 Å². The molecule has 0 aliphatic heterocycles. The largest absolute Gasteiger partial charge is 0.482 e. The van der Waals surface area contributed by atoms with Crippen molar-refractivity contribution in [1.29, 1.82) is 0 Å². The predicted molar refractivity (Wildman–Crippen MR) is 73.5 cm³/mol. The van der Waals surface area contributed by atoms with E-state index in [2.05, 4.69) is 4.74 Å². The van der Waals surface area contributed by atoms with Gasteiger partial charge in [0.1, 0.15) is 11.4 Å². The number of anilines is 1. The highest BCUT2D eigenvalue weighted by Gasteiger charge is 2.17. The van der Waals surface area contributed by atoms with E-state index in [1.54, 1.807) is 20.8 Å². The summed E-state index contributed by atoms with van der Waals surface area (Å²) in [5.41, 5.74) is 5.68. The second kappa shape index (κ2) is 6.27. The number of carbonyl (C=O) groups is 2. The van der Waals surface area contributed by atoms with Crippen LogP contribution in [0, 0.1) is 0 Å². The van der Waals surface area contributed by atoms with Gasteiger partial charge in [-0.2, -0.15) is 0 Å². The topological polar surface area (TPSA) is 87.9 Å². The van der Waals surface area contributed by atoms with E-state index in [9.17, 15) is 9.59 Å². The molecule has 0 heterocycles. The number of carbonyl (C=O) groups excluding carboxylic acids is 2. The lowest BCUT2D eigenvalue weighted by Gasteiger charge is -2.19. The van der Waals surface area contributed by atoms with Crippen molar-refractivity contribution in [2.75, 3.05) is 19.5 Å². The van der Waals surface area contributed by atoms with E-state index in [4.69, 9.17) is 15.2 Å². The Morgan fingerprint density at radius 3 is 2.40 bits per heavy atom. The molecule has 0 unspecified atom stereocenters. The molecule has 0 radical (unpaired) electrons. The van der Waals surface area contributed by atoms with E-state index in [1.165, 1.54) is 25.3 Å². The maximum absolute atomic E-state index is 11.5. The van der Waals surface area contributed by atoms with Crippen molar-refractivity contribution < 1.29 is 23.8 Å². The van der Waals surface area contributed by atoms with E-state index < -0.39 is 17.5 Å². The number of ether oxygens (including phenoxy) is 3. The third kappa shape index (κ3) is 5.17. The van der Waals surface area contributed by atoms with Crippen LogP contribution in [-0.4, -0.2) is 31.3 Å². The molecule has 1 rings (SSSR count). The summed E-state index contributed by atoms with van der Waals surface area (Å²) >= 11 is 0.